The highest BCUT2D eigenvalue weighted by Crippen LogP contribution is 2.33. The zero-order valence-corrected chi connectivity index (χ0v) is 14.3. The van der Waals surface area contributed by atoms with Crippen molar-refractivity contribution in [2.24, 2.45) is 17.8 Å². The molecule has 1 aliphatic heterocycles. The van der Waals surface area contributed by atoms with Crippen molar-refractivity contribution >= 4 is 11.9 Å². The highest BCUT2D eigenvalue weighted by molar-refractivity contribution is 5.94. The van der Waals surface area contributed by atoms with Crippen LogP contribution in [0.2, 0.25) is 0 Å². The lowest BCUT2D eigenvalue weighted by Crippen LogP contribution is -2.46. The SMILES string of the molecule is CCOC(=O)C(C)C1CCN(C(=O)c2ccccc2)CC1CC. The lowest BCUT2D eigenvalue weighted by molar-refractivity contribution is -0.150. The molecule has 1 saturated heterocycles. The zero-order chi connectivity index (χ0) is 16.8. The lowest BCUT2D eigenvalue weighted by Gasteiger charge is -2.40. The number of hydrogen-bond acceptors (Lipinski definition) is 3. The molecular formula is C19H27NO3. The Labute approximate surface area is 138 Å². The molecule has 0 radical (unpaired) electrons. The van der Waals surface area contributed by atoms with E-state index in [1.807, 2.05) is 49.1 Å². The summed E-state index contributed by atoms with van der Waals surface area (Å²) >= 11 is 0. The molecule has 0 spiro atoms. The van der Waals surface area contributed by atoms with Crippen molar-refractivity contribution in [2.75, 3.05) is 19.7 Å². The van der Waals surface area contributed by atoms with Gasteiger partial charge in [-0.05, 0) is 37.3 Å². The molecule has 0 bridgehead atoms. The molecule has 1 aliphatic rings. The van der Waals surface area contributed by atoms with E-state index >= 15 is 0 Å². The Balaban J connectivity index is 2.04. The van der Waals surface area contributed by atoms with Gasteiger partial charge in [0.25, 0.3) is 5.91 Å². The number of likely N-dealkylation sites (tertiary alicyclic amines) is 1. The molecule has 126 valence electrons. The predicted octanol–water partition coefficient (Wildman–Crippen LogP) is 3.37. The van der Waals surface area contributed by atoms with Crippen molar-refractivity contribution in [3.63, 3.8) is 0 Å². The van der Waals surface area contributed by atoms with Crippen LogP contribution in [0.1, 0.15) is 44.0 Å². The molecule has 1 heterocycles. The molecule has 0 N–H and O–H groups in total. The number of rotatable bonds is 5. The van der Waals surface area contributed by atoms with E-state index in [0.29, 0.717) is 25.0 Å². The lowest BCUT2D eigenvalue weighted by atomic mass is 9.76. The number of carbonyl (C=O) groups excluding carboxylic acids is 2. The van der Waals surface area contributed by atoms with Crippen molar-refractivity contribution in [2.45, 2.75) is 33.6 Å². The highest BCUT2D eigenvalue weighted by Gasteiger charge is 2.36. The molecule has 3 atom stereocenters. The fourth-order valence-electron chi connectivity index (χ4n) is 3.54. The van der Waals surface area contributed by atoms with Gasteiger partial charge in [0, 0.05) is 18.7 Å². The van der Waals surface area contributed by atoms with Crippen molar-refractivity contribution in [1.82, 2.24) is 4.90 Å². The Kier molecular flexibility index (Phi) is 6.20. The molecule has 4 nitrogen and oxygen atoms in total. The second-order valence-electron chi connectivity index (χ2n) is 6.28. The number of nitrogens with zero attached hydrogens (tertiary/aromatic N) is 1. The Hall–Kier alpha value is -1.84. The summed E-state index contributed by atoms with van der Waals surface area (Å²) in [6.07, 6.45) is 1.82. The van der Waals surface area contributed by atoms with E-state index in [9.17, 15) is 9.59 Å². The number of benzene rings is 1. The van der Waals surface area contributed by atoms with Crippen molar-refractivity contribution in [1.29, 1.82) is 0 Å². The van der Waals surface area contributed by atoms with E-state index in [-0.39, 0.29) is 17.8 Å². The number of hydrogen-bond donors (Lipinski definition) is 0. The molecule has 0 aliphatic carbocycles. The largest absolute Gasteiger partial charge is 0.466 e. The first-order valence-corrected chi connectivity index (χ1v) is 8.59. The third kappa shape index (κ3) is 4.12. The van der Waals surface area contributed by atoms with Gasteiger partial charge in [-0.1, -0.05) is 38.5 Å². The summed E-state index contributed by atoms with van der Waals surface area (Å²) in [7, 11) is 0. The summed E-state index contributed by atoms with van der Waals surface area (Å²) in [4.78, 5) is 26.6. The molecule has 0 aromatic heterocycles. The molecule has 0 saturated carbocycles. The van der Waals surface area contributed by atoms with Crippen molar-refractivity contribution < 1.29 is 14.3 Å². The van der Waals surface area contributed by atoms with E-state index in [1.165, 1.54) is 0 Å². The first-order valence-electron chi connectivity index (χ1n) is 8.59. The third-order valence-electron chi connectivity index (χ3n) is 4.93. The fraction of sp³-hybridized carbons (Fsp3) is 0.579. The molecule has 1 amide bonds. The second-order valence-corrected chi connectivity index (χ2v) is 6.28. The molecule has 1 aromatic rings. The van der Waals surface area contributed by atoms with Crippen LogP contribution in [-0.2, 0) is 9.53 Å². The average Bonchev–Trinajstić information content (AvgIpc) is 2.60. The summed E-state index contributed by atoms with van der Waals surface area (Å²) in [6.45, 7) is 7.78. The summed E-state index contributed by atoms with van der Waals surface area (Å²) in [5.41, 5.74) is 0.735. The first-order chi connectivity index (χ1) is 11.1. The third-order valence-corrected chi connectivity index (χ3v) is 4.93. The topological polar surface area (TPSA) is 46.6 Å². The maximum absolute atomic E-state index is 12.6. The predicted molar refractivity (Wildman–Crippen MR) is 90.0 cm³/mol. The smallest absolute Gasteiger partial charge is 0.308 e. The average molecular weight is 317 g/mol. The fourth-order valence-corrected chi connectivity index (χ4v) is 3.54. The minimum atomic E-state index is -0.112. The molecule has 1 fully saturated rings. The van der Waals surface area contributed by atoms with E-state index < -0.39 is 0 Å². The second kappa shape index (κ2) is 8.14. The highest BCUT2D eigenvalue weighted by atomic mass is 16.5. The summed E-state index contributed by atoms with van der Waals surface area (Å²) in [5, 5.41) is 0. The van der Waals surface area contributed by atoms with Gasteiger partial charge in [-0.2, -0.15) is 0 Å². The Morgan fingerprint density at radius 3 is 2.57 bits per heavy atom. The van der Waals surface area contributed by atoms with Crippen LogP contribution in [0.4, 0.5) is 0 Å². The maximum Gasteiger partial charge on any atom is 0.308 e. The summed E-state index contributed by atoms with van der Waals surface area (Å²) in [5.74, 6) is 0.508. The normalized spacial score (nSPS) is 22.5. The monoisotopic (exact) mass is 317 g/mol. The van der Waals surface area contributed by atoms with Crippen molar-refractivity contribution in [3.05, 3.63) is 35.9 Å². The van der Waals surface area contributed by atoms with Gasteiger partial charge in [-0.15, -0.1) is 0 Å². The number of ether oxygens (including phenoxy) is 1. The van der Waals surface area contributed by atoms with Crippen LogP contribution in [0.25, 0.3) is 0 Å². The number of amides is 1. The van der Waals surface area contributed by atoms with E-state index in [2.05, 4.69) is 6.92 Å². The van der Waals surface area contributed by atoms with Gasteiger partial charge < -0.3 is 9.64 Å². The van der Waals surface area contributed by atoms with Gasteiger partial charge in [0.05, 0.1) is 12.5 Å². The van der Waals surface area contributed by atoms with Gasteiger partial charge in [-0.3, -0.25) is 9.59 Å². The van der Waals surface area contributed by atoms with Crippen LogP contribution in [-0.4, -0.2) is 36.5 Å². The molecule has 1 aromatic carbocycles. The van der Waals surface area contributed by atoms with Gasteiger partial charge in [0.15, 0.2) is 0 Å². The maximum atomic E-state index is 12.6. The first kappa shape index (κ1) is 17.5. The molecule has 3 unspecified atom stereocenters. The molecular weight excluding hydrogens is 290 g/mol. The number of carbonyl (C=O) groups is 2. The van der Waals surface area contributed by atoms with Gasteiger partial charge in [0.1, 0.15) is 0 Å². The van der Waals surface area contributed by atoms with Crippen LogP contribution >= 0.6 is 0 Å². The Bertz CT molecular complexity index is 529. The van der Waals surface area contributed by atoms with Gasteiger partial charge in [0.2, 0.25) is 0 Å². The summed E-state index contributed by atoms with van der Waals surface area (Å²) < 4.78 is 5.17. The van der Waals surface area contributed by atoms with Crippen LogP contribution in [0.5, 0.6) is 0 Å². The minimum absolute atomic E-state index is 0.0892. The molecule has 4 heteroatoms. The van der Waals surface area contributed by atoms with E-state index in [1.54, 1.807) is 0 Å². The molecule has 23 heavy (non-hydrogen) atoms. The van der Waals surface area contributed by atoms with Crippen LogP contribution in [0, 0.1) is 17.8 Å². The standard InChI is InChI=1S/C19H27NO3/c1-4-15-13-20(18(21)16-9-7-6-8-10-16)12-11-17(15)14(3)19(22)23-5-2/h6-10,14-15,17H,4-5,11-13H2,1-3H3. The molecule has 2 rings (SSSR count). The Morgan fingerprint density at radius 1 is 1.26 bits per heavy atom. The van der Waals surface area contributed by atoms with E-state index in [0.717, 1.165) is 24.9 Å². The number of esters is 1. The van der Waals surface area contributed by atoms with E-state index in [4.69, 9.17) is 4.74 Å². The minimum Gasteiger partial charge on any atom is -0.466 e. The summed E-state index contributed by atoms with van der Waals surface area (Å²) in [6, 6.07) is 9.41. The Morgan fingerprint density at radius 2 is 1.96 bits per heavy atom. The van der Waals surface area contributed by atoms with Crippen LogP contribution in [0.3, 0.4) is 0 Å². The van der Waals surface area contributed by atoms with Crippen molar-refractivity contribution in [3.8, 4) is 0 Å². The van der Waals surface area contributed by atoms with Gasteiger partial charge in [-0.25, -0.2) is 0 Å². The quantitative estimate of drug-likeness (QED) is 0.782. The van der Waals surface area contributed by atoms with Gasteiger partial charge >= 0.3 is 5.97 Å². The number of piperidine rings is 1. The van der Waals surface area contributed by atoms with Crippen LogP contribution < -0.4 is 0 Å². The van der Waals surface area contributed by atoms with Crippen LogP contribution in [0.15, 0.2) is 30.3 Å². The zero-order valence-electron chi connectivity index (χ0n) is 14.3.